The number of benzene rings is 9. The summed E-state index contributed by atoms with van der Waals surface area (Å²) < 4.78 is 4.84. The van der Waals surface area contributed by atoms with E-state index in [9.17, 15) is 0 Å². The molecule has 0 saturated heterocycles. The van der Waals surface area contributed by atoms with Crippen molar-refractivity contribution in [3.8, 4) is 11.5 Å². The van der Waals surface area contributed by atoms with Crippen molar-refractivity contribution in [1.29, 1.82) is 0 Å². The van der Waals surface area contributed by atoms with E-state index in [2.05, 4.69) is 312 Å². The molecule has 1 aliphatic rings. The van der Waals surface area contributed by atoms with Gasteiger partial charge in [0.05, 0.1) is 11.0 Å². The Labute approximate surface area is 480 Å². The number of aromatic nitrogens is 3. The zero-order valence-electron chi connectivity index (χ0n) is 46.4. The maximum atomic E-state index is 5.21. The number of fused-ring (bicyclic) bond motifs is 7. The minimum absolute atomic E-state index is 0. The normalized spacial score (nSPS) is 13.2. The van der Waals surface area contributed by atoms with Crippen LogP contribution < -0.4 is 9.80 Å². The van der Waals surface area contributed by atoms with E-state index in [0.717, 1.165) is 89.3 Å². The van der Waals surface area contributed by atoms with E-state index in [1.165, 1.54) is 27.5 Å². The Morgan fingerprint density at radius 2 is 0.899 bits per heavy atom. The van der Waals surface area contributed by atoms with Crippen LogP contribution in [0.2, 0.25) is 0 Å². The molecule has 0 atom stereocenters. The number of nitrogens with zero attached hydrogens (tertiary/aromatic N) is 5. The second-order valence-corrected chi connectivity index (χ2v) is 24.2. The molecule has 0 unspecified atom stereocenters. The van der Waals surface area contributed by atoms with Crippen molar-refractivity contribution in [2.45, 2.75) is 84.0 Å². The minimum Gasteiger partial charge on any atom is -0.493 e. The number of rotatable bonds is 8. The first kappa shape index (κ1) is 51.8. The van der Waals surface area contributed by atoms with Crippen LogP contribution in [0.4, 0.5) is 22.7 Å². The van der Waals surface area contributed by atoms with Gasteiger partial charge >= 0.3 is 0 Å². The van der Waals surface area contributed by atoms with Crippen molar-refractivity contribution in [1.82, 2.24) is 14.1 Å². The summed E-state index contributed by atoms with van der Waals surface area (Å²) in [7, 11) is 0. The van der Waals surface area contributed by atoms with E-state index in [4.69, 9.17) is 4.98 Å². The van der Waals surface area contributed by atoms with Crippen LogP contribution in [-0.4, -0.2) is 14.1 Å². The predicted octanol–water partition coefficient (Wildman–Crippen LogP) is 18.6. The zero-order chi connectivity index (χ0) is 53.7. The fourth-order valence-corrected chi connectivity index (χ4v) is 12.0. The summed E-state index contributed by atoms with van der Waals surface area (Å²) in [5, 5.41) is 4.64. The molecule has 0 bridgehead atoms. The summed E-state index contributed by atoms with van der Waals surface area (Å²) in [5.41, 5.74) is 16.5. The van der Waals surface area contributed by atoms with Gasteiger partial charge in [-0.2, -0.15) is 30.3 Å². The van der Waals surface area contributed by atoms with Crippen LogP contribution in [0.25, 0.3) is 55.1 Å². The van der Waals surface area contributed by atoms with Crippen molar-refractivity contribution in [2.75, 3.05) is 9.80 Å². The summed E-state index contributed by atoms with van der Waals surface area (Å²) in [4.78, 5) is 9.89. The maximum Gasteiger partial charge on any atom is 0.135 e. The predicted molar refractivity (Wildman–Crippen MR) is 326 cm³/mol. The molecule has 9 aromatic carbocycles. The molecule has 13 rings (SSSR count). The number of pyridine rings is 1. The Bertz CT molecular complexity index is 4130. The molecule has 4 heterocycles. The number of hydrogen-bond donors (Lipinski definition) is 0. The third-order valence-corrected chi connectivity index (χ3v) is 16.1. The average Bonchev–Trinajstić information content (AvgIpc) is 4.28. The maximum absolute atomic E-state index is 5.21. The second kappa shape index (κ2) is 19.4. The first-order valence-electron chi connectivity index (χ1n) is 27.4. The fraction of sp³-hybridized carbons (Fsp3) is 0.178. The van der Waals surface area contributed by atoms with Gasteiger partial charge in [-0.1, -0.05) is 212 Å². The Morgan fingerprint density at radius 3 is 1.47 bits per heavy atom. The van der Waals surface area contributed by atoms with Crippen LogP contribution in [0.1, 0.15) is 101 Å². The van der Waals surface area contributed by atoms with Gasteiger partial charge in [-0.05, 0) is 104 Å². The number of anilines is 4. The molecule has 0 saturated carbocycles. The summed E-state index contributed by atoms with van der Waals surface area (Å²) in [6.45, 7) is 22.9. The first-order valence-corrected chi connectivity index (χ1v) is 27.4. The van der Waals surface area contributed by atoms with Gasteiger partial charge in [0.1, 0.15) is 5.82 Å². The third kappa shape index (κ3) is 8.61. The second-order valence-electron chi connectivity index (χ2n) is 24.2. The first-order chi connectivity index (χ1) is 37.6. The largest absolute Gasteiger partial charge is 0.493 e. The molecule has 79 heavy (non-hydrogen) atoms. The van der Waals surface area contributed by atoms with Crippen molar-refractivity contribution in [2.24, 2.45) is 0 Å². The van der Waals surface area contributed by atoms with Gasteiger partial charge in [-0.25, -0.2) is 4.98 Å². The van der Waals surface area contributed by atoms with Crippen molar-refractivity contribution < 1.29 is 21.1 Å². The third-order valence-electron chi connectivity index (χ3n) is 16.1. The summed E-state index contributed by atoms with van der Waals surface area (Å²) in [5.74, 6) is 0.851. The van der Waals surface area contributed by atoms with E-state index < -0.39 is 5.41 Å². The Morgan fingerprint density at radius 1 is 0.392 bits per heavy atom. The molecule has 0 radical (unpaired) electrons. The molecule has 394 valence electrons. The summed E-state index contributed by atoms with van der Waals surface area (Å²) in [6, 6.07) is 86.4. The van der Waals surface area contributed by atoms with Crippen LogP contribution in [0.5, 0.6) is 0 Å². The molecule has 0 fully saturated rings. The van der Waals surface area contributed by atoms with E-state index >= 15 is 0 Å². The van der Waals surface area contributed by atoms with E-state index in [1.54, 1.807) is 0 Å². The molecule has 6 heteroatoms. The van der Waals surface area contributed by atoms with Crippen LogP contribution in [0, 0.1) is 18.8 Å². The molecule has 3 aromatic heterocycles. The summed E-state index contributed by atoms with van der Waals surface area (Å²) in [6.07, 6.45) is 1.96. The molecule has 0 amide bonds. The average molecular weight is 1210 g/mol. The van der Waals surface area contributed by atoms with Gasteiger partial charge < -0.3 is 18.9 Å². The molecule has 1 aliphatic heterocycles. The zero-order valence-corrected chi connectivity index (χ0v) is 48.7. The van der Waals surface area contributed by atoms with Crippen LogP contribution in [-0.2, 0) is 42.7 Å². The molecular formula is C73H64N5Pt-3. The van der Waals surface area contributed by atoms with Gasteiger partial charge in [0, 0.05) is 66.0 Å². The number of hydrogen-bond acceptors (Lipinski definition) is 3. The smallest absolute Gasteiger partial charge is 0.135 e. The quantitative estimate of drug-likeness (QED) is 0.112. The topological polar surface area (TPSA) is 29.2 Å². The monoisotopic (exact) mass is 1210 g/mol. The standard InChI is InChI=1S/C73H64N5.Pt/c1-70(2,3)51-39-40-74-68(47-51)78-63-36-21-18-33-60(63)69-66(77-61-34-19-16-31-58(61)59-32-17-20-35-62(59)77)45-55(46-67(69)78)73(49-25-12-10-13-26-49,50-27-14-11-15-28-50)52-29-24-30-56(42-52)75-48-76(65-38-23-22-37-64(65)75)57-43-53(71(4,5)6)41-54(44-57)72(7,8)9;/h10-41,43-45,47-48H,1-9H3;/q-3;. The van der Waals surface area contributed by atoms with Crippen molar-refractivity contribution in [3.63, 3.8) is 0 Å². The summed E-state index contributed by atoms with van der Waals surface area (Å²) >= 11 is 0. The van der Waals surface area contributed by atoms with E-state index in [1.807, 2.05) is 6.20 Å². The van der Waals surface area contributed by atoms with E-state index in [-0.39, 0.29) is 37.3 Å². The van der Waals surface area contributed by atoms with Crippen LogP contribution >= 0.6 is 0 Å². The Hall–Kier alpha value is -7.98. The van der Waals surface area contributed by atoms with Gasteiger partial charge in [-0.3, -0.25) is 0 Å². The SMILES string of the molecule is CC(C)(C)c1cc(N2[CH-]N(c3[c-]c(C(c4[c-]c5c(c(-n6c7ccccc7c7ccccc76)c4)c4ccccc4n5-c4cc(C(C)(C)C)ccn4)(c4ccccc4)c4ccccc4)ccc3)c3ccccc32)cc(C(C)(C)C)c1.[Pt]. The van der Waals surface area contributed by atoms with Crippen molar-refractivity contribution in [3.05, 3.63) is 276 Å². The van der Waals surface area contributed by atoms with Crippen LogP contribution in [0.3, 0.4) is 0 Å². The molecule has 0 aliphatic carbocycles. The minimum atomic E-state index is -0.955. The van der Waals surface area contributed by atoms with E-state index in [0.29, 0.717) is 0 Å². The van der Waals surface area contributed by atoms with Gasteiger partial charge in [0.25, 0.3) is 0 Å². The van der Waals surface area contributed by atoms with Gasteiger partial charge in [-0.15, -0.1) is 29.5 Å². The van der Waals surface area contributed by atoms with Gasteiger partial charge in [0.2, 0.25) is 0 Å². The Kier molecular flexibility index (Phi) is 12.7. The molecule has 5 nitrogen and oxygen atoms in total. The molecule has 0 N–H and O–H groups in total. The van der Waals surface area contributed by atoms with Crippen LogP contribution in [0.15, 0.2) is 219 Å². The van der Waals surface area contributed by atoms with Gasteiger partial charge in [0.15, 0.2) is 0 Å². The molecule has 0 spiro atoms. The fourth-order valence-electron chi connectivity index (χ4n) is 12.0. The van der Waals surface area contributed by atoms with Crippen molar-refractivity contribution >= 4 is 66.4 Å². The number of para-hydroxylation sites is 5. The Balaban J connectivity index is 0.00000623. The molecule has 12 aromatic rings. The molecular weight excluding hydrogens is 1140 g/mol.